The Hall–Kier alpha value is -4.26. The third-order valence-corrected chi connectivity index (χ3v) is 5.52. The van der Waals surface area contributed by atoms with Crippen LogP contribution in [0.15, 0.2) is 77.5 Å². The summed E-state index contributed by atoms with van der Waals surface area (Å²) in [6.45, 7) is 6.09. The number of amides is 1. The quantitative estimate of drug-likeness (QED) is 0.370. The highest BCUT2D eigenvalue weighted by Gasteiger charge is 2.20. The van der Waals surface area contributed by atoms with Gasteiger partial charge in [-0.25, -0.2) is 9.67 Å². The van der Waals surface area contributed by atoms with Crippen molar-refractivity contribution < 1.29 is 9.21 Å². The van der Waals surface area contributed by atoms with E-state index in [-0.39, 0.29) is 18.0 Å². The first-order valence-corrected chi connectivity index (χ1v) is 10.8. The second-order valence-electron chi connectivity index (χ2n) is 8.15. The van der Waals surface area contributed by atoms with Gasteiger partial charge in [-0.3, -0.25) is 10.1 Å². The second-order valence-corrected chi connectivity index (χ2v) is 8.15. The molecule has 7 heteroatoms. The predicted molar refractivity (Wildman–Crippen MR) is 128 cm³/mol. The summed E-state index contributed by atoms with van der Waals surface area (Å²) in [6, 6.07) is 19.7. The van der Waals surface area contributed by atoms with Crippen LogP contribution in [0.2, 0.25) is 0 Å². The lowest BCUT2D eigenvalue weighted by Crippen LogP contribution is -2.13. The van der Waals surface area contributed by atoms with Crippen LogP contribution in [0.1, 0.15) is 35.8 Å². The molecule has 5 aromatic rings. The normalized spacial score (nSPS) is 11.3. The predicted octanol–water partition coefficient (Wildman–Crippen LogP) is 5.89. The third-order valence-electron chi connectivity index (χ3n) is 5.52. The van der Waals surface area contributed by atoms with Crippen molar-refractivity contribution in [3.63, 3.8) is 0 Å². The minimum Gasteiger partial charge on any atom is -0.431 e. The molecule has 0 spiro atoms. The van der Waals surface area contributed by atoms with E-state index in [0.717, 1.165) is 16.7 Å². The van der Waals surface area contributed by atoms with Crippen molar-refractivity contribution in [3.8, 4) is 22.5 Å². The van der Waals surface area contributed by atoms with Gasteiger partial charge in [-0.1, -0.05) is 54.6 Å². The molecule has 0 saturated heterocycles. The molecule has 0 bridgehead atoms. The van der Waals surface area contributed by atoms with E-state index in [2.05, 4.69) is 15.4 Å². The van der Waals surface area contributed by atoms with Crippen LogP contribution in [-0.2, 0) is 0 Å². The fraction of sp³-hybridized carbons (Fsp3) is 0.154. The maximum Gasteiger partial charge on any atom is 0.302 e. The lowest BCUT2D eigenvalue weighted by atomic mass is 10.0. The minimum absolute atomic E-state index is 0.0956. The first kappa shape index (κ1) is 20.6. The number of rotatable bonds is 5. The van der Waals surface area contributed by atoms with Crippen molar-refractivity contribution in [2.24, 2.45) is 0 Å². The molecule has 2 aromatic carbocycles. The van der Waals surface area contributed by atoms with Gasteiger partial charge in [0.05, 0.1) is 22.8 Å². The monoisotopic (exact) mass is 437 g/mol. The van der Waals surface area contributed by atoms with Crippen molar-refractivity contribution in [2.75, 3.05) is 5.32 Å². The van der Waals surface area contributed by atoms with Crippen LogP contribution < -0.4 is 5.32 Å². The number of hydrogen-bond donors (Lipinski definition) is 1. The molecule has 0 aliphatic heterocycles. The standard InChI is InChI=1S/C26H23N5O2/c1-16(2)31-24-21(14-27-31)20(13-22(28-24)19-12-8-7-9-17(19)3)25(32)30-26-29-23(15-33-26)18-10-5-4-6-11-18/h4-16H,1-3H3,(H,29,30,32). The summed E-state index contributed by atoms with van der Waals surface area (Å²) in [5.41, 5.74) is 5.44. The van der Waals surface area contributed by atoms with E-state index >= 15 is 0 Å². The molecule has 164 valence electrons. The molecule has 3 heterocycles. The Labute approximate surface area is 191 Å². The highest BCUT2D eigenvalue weighted by Crippen LogP contribution is 2.29. The number of hydrogen-bond acceptors (Lipinski definition) is 5. The molecule has 7 nitrogen and oxygen atoms in total. The SMILES string of the molecule is Cc1ccccc1-c1cc(C(=O)Nc2nc(-c3ccccc3)co2)c2cnn(C(C)C)c2n1. The summed E-state index contributed by atoms with van der Waals surface area (Å²) in [7, 11) is 0. The van der Waals surface area contributed by atoms with Crippen LogP contribution in [0, 0.1) is 6.92 Å². The van der Waals surface area contributed by atoms with Crippen molar-refractivity contribution >= 4 is 23.0 Å². The van der Waals surface area contributed by atoms with E-state index in [1.807, 2.05) is 80.1 Å². The Morgan fingerprint density at radius 1 is 1.00 bits per heavy atom. The number of anilines is 1. The molecule has 0 radical (unpaired) electrons. The summed E-state index contributed by atoms with van der Waals surface area (Å²) in [6.07, 6.45) is 3.21. The lowest BCUT2D eigenvalue weighted by molar-refractivity contribution is 0.102. The largest absolute Gasteiger partial charge is 0.431 e. The first-order chi connectivity index (χ1) is 16.0. The van der Waals surface area contributed by atoms with Gasteiger partial charge < -0.3 is 4.42 Å². The van der Waals surface area contributed by atoms with Gasteiger partial charge in [0, 0.05) is 17.2 Å². The van der Waals surface area contributed by atoms with Crippen molar-refractivity contribution in [1.82, 2.24) is 19.7 Å². The number of oxazole rings is 1. The van der Waals surface area contributed by atoms with Gasteiger partial charge in [0.2, 0.25) is 0 Å². The smallest absolute Gasteiger partial charge is 0.302 e. The summed E-state index contributed by atoms with van der Waals surface area (Å²) < 4.78 is 7.35. The number of carbonyl (C=O) groups is 1. The Morgan fingerprint density at radius 2 is 1.76 bits per heavy atom. The average Bonchev–Trinajstić information content (AvgIpc) is 3.46. The zero-order valence-electron chi connectivity index (χ0n) is 18.6. The van der Waals surface area contributed by atoms with Crippen LogP contribution in [0.25, 0.3) is 33.5 Å². The van der Waals surface area contributed by atoms with Crippen molar-refractivity contribution in [1.29, 1.82) is 0 Å². The van der Waals surface area contributed by atoms with Gasteiger partial charge in [0.15, 0.2) is 5.65 Å². The van der Waals surface area contributed by atoms with Crippen LogP contribution >= 0.6 is 0 Å². The Morgan fingerprint density at radius 3 is 2.52 bits per heavy atom. The number of aryl methyl sites for hydroxylation is 1. The minimum atomic E-state index is -0.331. The molecule has 0 atom stereocenters. The second kappa shape index (κ2) is 8.35. The van der Waals surface area contributed by atoms with E-state index < -0.39 is 0 Å². The van der Waals surface area contributed by atoms with E-state index in [1.54, 1.807) is 12.3 Å². The number of nitrogens with one attached hydrogen (secondary N) is 1. The topological polar surface area (TPSA) is 85.8 Å². The van der Waals surface area contributed by atoms with E-state index in [4.69, 9.17) is 9.40 Å². The molecule has 1 amide bonds. The highest BCUT2D eigenvalue weighted by molar-refractivity contribution is 6.12. The summed E-state index contributed by atoms with van der Waals surface area (Å²) >= 11 is 0. The Balaban J connectivity index is 1.56. The van der Waals surface area contributed by atoms with Crippen LogP contribution in [0.4, 0.5) is 6.01 Å². The summed E-state index contributed by atoms with van der Waals surface area (Å²) in [5.74, 6) is -0.331. The summed E-state index contributed by atoms with van der Waals surface area (Å²) in [4.78, 5) is 22.6. The number of pyridine rings is 1. The maximum absolute atomic E-state index is 13.3. The molecular formula is C26H23N5O2. The molecule has 0 fully saturated rings. The molecule has 0 saturated carbocycles. The van der Waals surface area contributed by atoms with E-state index in [0.29, 0.717) is 28.0 Å². The first-order valence-electron chi connectivity index (χ1n) is 10.8. The fourth-order valence-electron chi connectivity index (χ4n) is 3.82. The van der Waals surface area contributed by atoms with Gasteiger partial charge in [-0.15, -0.1) is 0 Å². The zero-order valence-corrected chi connectivity index (χ0v) is 18.6. The molecule has 0 aliphatic rings. The number of carbonyl (C=O) groups excluding carboxylic acids is 1. The maximum atomic E-state index is 13.3. The van der Waals surface area contributed by atoms with Gasteiger partial charge in [-0.2, -0.15) is 10.1 Å². The zero-order chi connectivity index (χ0) is 22.9. The van der Waals surface area contributed by atoms with Crippen molar-refractivity contribution in [3.05, 3.63) is 84.3 Å². The fourth-order valence-corrected chi connectivity index (χ4v) is 3.82. The van der Waals surface area contributed by atoms with Gasteiger partial charge in [-0.05, 0) is 32.4 Å². The van der Waals surface area contributed by atoms with Gasteiger partial charge in [0.1, 0.15) is 12.0 Å². The average molecular weight is 438 g/mol. The van der Waals surface area contributed by atoms with Crippen LogP contribution in [-0.4, -0.2) is 25.7 Å². The molecule has 0 unspecified atom stereocenters. The molecule has 33 heavy (non-hydrogen) atoms. The number of fused-ring (bicyclic) bond motifs is 1. The summed E-state index contributed by atoms with van der Waals surface area (Å²) in [5, 5.41) is 7.95. The third kappa shape index (κ3) is 3.89. The molecule has 5 rings (SSSR count). The van der Waals surface area contributed by atoms with Crippen molar-refractivity contribution in [2.45, 2.75) is 26.8 Å². The molecular weight excluding hydrogens is 414 g/mol. The van der Waals surface area contributed by atoms with E-state index in [9.17, 15) is 4.79 Å². The van der Waals surface area contributed by atoms with Gasteiger partial charge in [0.25, 0.3) is 5.91 Å². The number of benzene rings is 2. The number of nitrogens with zero attached hydrogens (tertiary/aromatic N) is 4. The molecule has 0 aliphatic carbocycles. The number of aromatic nitrogens is 4. The van der Waals surface area contributed by atoms with Crippen LogP contribution in [0.3, 0.4) is 0 Å². The Kier molecular flexibility index (Phi) is 5.22. The van der Waals surface area contributed by atoms with Gasteiger partial charge >= 0.3 is 6.01 Å². The molecule has 3 aromatic heterocycles. The van der Waals surface area contributed by atoms with Crippen LogP contribution in [0.5, 0.6) is 0 Å². The Bertz CT molecular complexity index is 1450. The lowest BCUT2D eigenvalue weighted by Gasteiger charge is -2.11. The van der Waals surface area contributed by atoms with E-state index in [1.165, 1.54) is 6.26 Å². The highest BCUT2D eigenvalue weighted by atomic mass is 16.4. The molecule has 1 N–H and O–H groups in total.